The fourth-order valence-electron chi connectivity index (χ4n) is 1.99. The number of pyridine rings is 1. The zero-order valence-electron chi connectivity index (χ0n) is 14.1. The van der Waals surface area contributed by atoms with E-state index in [0.29, 0.717) is 5.69 Å². The van der Waals surface area contributed by atoms with E-state index in [4.69, 9.17) is 0 Å². The van der Waals surface area contributed by atoms with Gasteiger partial charge >= 0.3 is 0 Å². The first-order chi connectivity index (χ1) is 10.7. The van der Waals surface area contributed by atoms with Crippen LogP contribution in [0.5, 0.6) is 0 Å². The molecule has 2 aromatic heterocycles. The SMILES string of the molecule is CCC(C)(C)NC(=O)C(C)n1cc(-c2cncc(Br)c2C)nn1. The summed E-state index contributed by atoms with van der Waals surface area (Å²) in [5.74, 6) is -0.0719. The number of carbonyl (C=O) groups is 1. The molecule has 124 valence electrons. The molecule has 0 spiro atoms. The Labute approximate surface area is 144 Å². The molecule has 6 nitrogen and oxygen atoms in total. The molecule has 1 amide bonds. The van der Waals surface area contributed by atoms with Crippen molar-refractivity contribution in [2.45, 2.75) is 52.6 Å². The summed E-state index contributed by atoms with van der Waals surface area (Å²) < 4.78 is 2.50. The lowest BCUT2D eigenvalue weighted by molar-refractivity contribution is -0.125. The summed E-state index contributed by atoms with van der Waals surface area (Å²) in [6.07, 6.45) is 6.13. The minimum atomic E-state index is -0.428. The predicted molar refractivity (Wildman–Crippen MR) is 92.9 cm³/mol. The second kappa shape index (κ2) is 6.78. The van der Waals surface area contributed by atoms with Crippen molar-refractivity contribution in [1.82, 2.24) is 25.3 Å². The van der Waals surface area contributed by atoms with E-state index in [1.54, 1.807) is 23.3 Å². The van der Waals surface area contributed by atoms with Crippen LogP contribution in [0.1, 0.15) is 45.7 Å². The number of hydrogen-bond donors (Lipinski definition) is 1. The summed E-state index contributed by atoms with van der Waals surface area (Å²) in [5.41, 5.74) is 2.40. The Kier molecular flexibility index (Phi) is 5.19. The van der Waals surface area contributed by atoms with Gasteiger partial charge in [0.15, 0.2) is 0 Å². The van der Waals surface area contributed by atoms with Gasteiger partial charge in [-0.05, 0) is 55.6 Å². The van der Waals surface area contributed by atoms with Gasteiger partial charge in [-0.15, -0.1) is 5.10 Å². The van der Waals surface area contributed by atoms with Crippen molar-refractivity contribution in [3.8, 4) is 11.3 Å². The van der Waals surface area contributed by atoms with Crippen molar-refractivity contribution < 1.29 is 4.79 Å². The minimum Gasteiger partial charge on any atom is -0.349 e. The maximum atomic E-state index is 12.4. The van der Waals surface area contributed by atoms with Crippen LogP contribution in [0.25, 0.3) is 11.3 Å². The van der Waals surface area contributed by atoms with Gasteiger partial charge in [-0.1, -0.05) is 12.1 Å². The molecular weight excluding hydrogens is 358 g/mol. The monoisotopic (exact) mass is 379 g/mol. The first kappa shape index (κ1) is 17.6. The fourth-order valence-corrected chi connectivity index (χ4v) is 2.33. The Balaban J connectivity index is 2.22. The first-order valence-corrected chi connectivity index (χ1v) is 8.39. The molecule has 0 bridgehead atoms. The van der Waals surface area contributed by atoms with Gasteiger partial charge in [0.1, 0.15) is 11.7 Å². The van der Waals surface area contributed by atoms with Crippen LogP contribution in [0.3, 0.4) is 0 Å². The number of halogens is 1. The van der Waals surface area contributed by atoms with Crippen LogP contribution >= 0.6 is 15.9 Å². The van der Waals surface area contributed by atoms with E-state index in [-0.39, 0.29) is 11.4 Å². The molecule has 0 fully saturated rings. The van der Waals surface area contributed by atoms with Gasteiger partial charge in [-0.2, -0.15) is 0 Å². The predicted octanol–water partition coefficient (Wildman–Crippen LogP) is 3.28. The summed E-state index contributed by atoms with van der Waals surface area (Å²) in [7, 11) is 0. The van der Waals surface area contributed by atoms with Gasteiger partial charge < -0.3 is 5.32 Å². The quantitative estimate of drug-likeness (QED) is 0.864. The first-order valence-electron chi connectivity index (χ1n) is 7.59. The topological polar surface area (TPSA) is 72.7 Å². The fraction of sp³-hybridized carbons (Fsp3) is 0.500. The highest BCUT2D eigenvalue weighted by atomic mass is 79.9. The molecule has 0 aromatic carbocycles. The van der Waals surface area contributed by atoms with Crippen LogP contribution in [0.2, 0.25) is 0 Å². The summed E-state index contributed by atoms with van der Waals surface area (Å²) in [6.45, 7) is 9.84. The average molecular weight is 380 g/mol. The zero-order valence-corrected chi connectivity index (χ0v) is 15.7. The van der Waals surface area contributed by atoms with Gasteiger partial charge in [0.05, 0.1) is 6.20 Å². The minimum absolute atomic E-state index is 0.0719. The third-order valence-electron chi connectivity index (χ3n) is 4.06. The lowest BCUT2D eigenvalue weighted by atomic mass is 10.0. The molecule has 2 aromatic rings. The summed E-state index contributed by atoms with van der Waals surface area (Å²) in [6, 6.07) is -0.428. The van der Waals surface area contributed by atoms with Crippen molar-refractivity contribution in [1.29, 1.82) is 0 Å². The van der Waals surface area contributed by atoms with E-state index < -0.39 is 6.04 Å². The van der Waals surface area contributed by atoms with E-state index in [9.17, 15) is 4.79 Å². The van der Waals surface area contributed by atoms with Crippen LogP contribution in [0.4, 0.5) is 0 Å². The van der Waals surface area contributed by atoms with Crippen LogP contribution in [-0.2, 0) is 4.79 Å². The molecule has 1 unspecified atom stereocenters. The molecule has 0 saturated carbocycles. The highest BCUT2D eigenvalue weighted by Crippen LogP contribution is 2.26. The van der Waals surface area contributed by atoms with E-state index in [1.807, 2.05) is 34.6 Å². The second-order valence-electron chi connectivity index (χ2n) is 6.28. The van der Waals surface area contributed by atoms with Crippen molar-refractivity contribution >= 4 is 21.8 Å². The van der Waals surface area contributed by atoms with Gasteiger partial charge in [-0.25, -0.2) is 4.68 Å². The maximum Gasteiger partial charge on any atom is 0.245 e. The molecule has 2 rings (SSSR count). The third kappa shape index (κ3) is 3.96. The Hall–Kier alpha value is -1.76. The van der Waals surface area contributed by atoms with Gasteiger partial charge in [0, 0.05) is 28.0 Å². The molecular formula is C16H22BrN5O. The molecule has 0 aliphatic carbocycles. The Morgan fingerprint density at radius 2 is 2.13 bits per heavy atom. The number of nitrogens with zero attached hydrogens (tertiary/aromatic N) is 4. The summed E-state index contributed by atoms with van der Waals surface area (Å²) in [4.78, 5) is 16.5. The molecule has 0 aliphatic rings. The number of nitrogens with one attached hydrogen (secondary N) is 1. The number of amides is 1. The van der Waals surface area contributed by atoms with Crippen LogP contribution in [0, 0.1) is 6.92 Å². The highest BCUT2D eigenvalue weighted by molar-refractivity contribution is 9.10. The summed E-state index contributed by atoms with van der Waals surface area (Å²) >= 11 is 3.46. The average Bonchev–Trinajstić information content (AvgIpc) is 2.98. The lowest BCUT2D eigenvalue weighted by Gasteiger charge is -2.26. The lowest BCUT2D eigenvalue weighted by Crippen LogP contribution is -2.45. The number of hydrogen-bond acceptors (Lipinski definition) is 4. The molecule has 0 aliphatic heterocycles. The van der Waals surface area contributed by atoms with Gasteiger partial charge in [0.2, 0.25) is 5.91 Å². The molecule has 7 heteroatoms. The number of carbonyl (C=O) groups excluding carboxylic acids is 1. The summed E-state index contributed by atoms with van der Waals surface area (Å²) in [5, 5.41) is 11.3. The van der Waals surface area contributed by atoms with Gasteiger partial charge in [0.25, 0.3) is 0 Å². The largest absolute Gasteiger partial charge is 0.349 e. The smallest absolute Gasteiger partial charge is 0.245 e. The van der Waals surface area contributed by atoms with E-state index >= 15 is 0 Å². The number of rotatable bonds is 5. The second-order valence-corrected chi connectivity index (χ2v) is 7.13. The number of aromatic nitrogens is 4. The molecule has 0 saturated heterocycles. The third-order valence-corrected chi connectivity index (χ3v) is 4.86. The molecule has 1 N–H and O–H groups in total. The Morgan fingerprint density at radius 3 is 2.78 bits per heavy atom. The molecule has 23 heavy (non-hydrogen) atoms. The van der Waals surface area contributed by atoms with Crippen molar-refractivity contribution in [3.05, 3.63) is 28.6 Å². The standard InChI is InChI=1S/C16H22BrN5O/c1-6-16(4,5)19-15(23)11(3)22-9-14(20-21-22)12-7-18-8-13(17)10(12)2/h7-9,11H,6H2,1-5H3,(H,19,23). The normalized spacial score (nSPS) is 13.0. The van der Waals surface area contributed by atoms with Gasteiger partial charge in [-0.3, -0.25) is 9.78 Å². The van der Waals surface area contributed by atoms with Crippen molar-refractivity contribution in [3.63, 3.8) is 0 Å². The molecule has 1 atom stereocenters. The maximum absolute atomic E-state index is 12.4. The van der Waals surface area contributed by atoms with E-state index in [2.05, 4.69) is 36.5 Å². The van der Waals surface area contributed by atoms with Crippen LogP contribution in [0.15, 0.2) is 23.1 Å². The van der Waals surface area contributed by atoms with Crippen molar-refractivity contribution in [2.24, 2.45) is 0 Å². The zero-order chi connectivity index (χ0) is 17.2. The van der Waals surface area contributed by atoms with Crippen LogP contribution < -0.4 is 5.32 Å². The van der Waals surface area contributed by atoms with Crippen molar-refractivity contribution in [2.75, 3.05) is 0 Å². The van der Waals surface area contributed by atoms with Crippen LogP contribution in [-0.4, -0.2) is 31.4 Å². The Morgan fingerprint density at radius 1 is 1.43 bits per heavy atom. The highest BCUT2D eigenvalue weighted by Gasteiger charge is 2.24. The molecule has 0 radical (unpaired) electrons. The van der Waals surface area contributed by atoms with E-state index in [1.165, 1.54) is 0 Å². The molecule has 2 heterocycles. The van der Waals surface area contributed by atoms with E-state index in [0.717, 1.165) is 22.0 Å². The Bertz CT molecular complexity index is 710.